The zero-order chi connectivity index (χ0) is 11.8. The molecule has 0 radical (unpaired) electrons. The van der Waals surface area contributed by atoms with E-state index in [1.54, 1.807) is 6.21 Å². The van der Waals surface area contributed by atoms with Crippen LogP contribution in [-0.4, -0.2) is 34.4 Å². The Morgan fingerprint density at radius 2 is 2.25 bits per heavy atom. The lowest BCUT2D eigenvalue weighted by Gasteiger charge is -2.08. The molecule has 1 rings (SSSR count). The Hall–Kier alpha value is -1.49. The van der Waals surface area contributed by atoms with Crippen LogP contribution in [0.1, 0.15) is 25.5 Å². The summed E-state index contributed by atoms with van der Waals surface area (Å²) in [5, 5.41) is 11.9. The first-order chi connectivity index (χ1) is 7.79. The van der Waals surface area contributed by atoms with Gasteiger partial charge < -0.3 is 10.4 Å². The van der Waals surface area contributed by atoms with Crippen molar-refractivity contribution in [2.24, 2.45) is 4.99 Å². The minimum Gasteiger partial charge on any atom is -0.396 e. The summed E-state index contributed by atoms with van der Waals surface area (Å²) in [6.45, 7) is 4.78. The molecule has 0 spiro atoms. The zero-order valence-corrected chi connectivity index (χ0v) is 9.77. The molecule has 1 aromatic rings. The van der Waals surface area contributed by atoms with Crippen molar-refractivity contribution in [1.82, 2.24) is 9.97 Å². The van der Waals surface area contributed by atoms with E-state index in [2.05, 4.69) is 20.3 Å². The van der Waals surface area contributed by atoms with Gasteiger partial charge in [-0.15, -0.1) is 0 Å². The van der Waals surface area contributed by atoms with E-state index in [-0.39, 0.29) is 6.61 Å². The molecule has 0 fully saturated rings. The summed E-state index contributed by atoms with van der Waals surface area (Å²) in [6.07, 6.45) is 4.96. The highest BCUT2D eigenvalue weighted by atomic mass is 16.2. The molecule has 5 nitrogen and oxygen atoms in total. The Morgan fingerprint density at radius 3 is 2.94 bits per heavy atom. The maximum absolute atomic E-state index is 8.67. The molecule has 0 saturated heterocycles. The smallest absolute Gasteiger partial charge is 0.155 e. The predicted molar refractivity (Wildman–Crippen MR) is 65.4 cm³/mol. The number of aliphatic hydroxyl groups excluding tert-OH is 1. The predicted octanol–water partition coefficient (Wildman–Crippen LogP) is 1.69. The van der Waals surface area contributed by atoms with Gasteiger partial charge in [0.2, 0.25) is 0 Å². The molecule has 0 amide bonds. The summed E-state index contributed by atoms with van der Waals surface area (Å²) in [5.74, 6) is 0.753. The molecule has 1 heterocycles. The summed E-state index contributed by atoms with van der Waals surface area (Å²) in [6, 6.07) is 0. The zero-order valence-electron chi connectivity index (χ0n) is 9.77. The highest BCUT2D eigenvalue weighted by Gasteiger charge is 2.05. The number of unbranched alkanes of at least 4 members (excludes halogenated alkanes) is 1. The van der Waals surface area contributed by atoms with Crippen molar-refractivity contribution in [2.45, 2.75) is 26.7 Å². The van der Waals surface area contributed by atoms with Crippen LogP contribution in [0.25, 0.3) is 0 Å². The van der Waals surface area contributed by atoms with E-state index in [4.69, 9.17) is 5.11 Å². The number of nitrogens with one attached hydrogen (secondary N) is 1. The van der Waals surface area contributed by atoms with E-state index < -0.39 is 0 Å². The second kappa shape index (κ2) is 6.90. The normalized spacial score (nSPS) is 10.9. The lowest BCUT2D eigenvalue weighted by atomic mass is 10.3. The second-order valence-electron chi connectivity index (χ2n) is 3.40. The van der Waals surface area contributed by atoms with Gasteiger partial charge >= 0.3 is 0 Å². The van der Waals surface area contributed by atoms with E-state index in [1.807, 2.05) is 13.8 Å². The van der Waals surface area contributed by atoms with E-state index >= 15 is 0 Å². The van der Waals surface area contributed by atoms with Gasteiger partial charge in [-0.3, -0.25) is 4.99 Å². The largest absolute Gasteiger partial charge is 0.396 e. The fourth-order valence-electron chi connectivity index (χ4n) is 1.32. The first-order valence-electron chi connectivity index (χ1n) is 5.44. The summed E-state index contributed by atoms with van der Waals surface area (Å²) < 4.78 is 0. The first kappa shape index (κ1) is 12.6. The van der Waals surface area contributed by atoms with Crippen LogP contribution in [0.4, 0.5) is 11.5 Å². The van der Waals surface area contributed by atoms with Gasteiger partial charge in [-0.25, -0.2) is 9.97 Å². The molecule has 0 saturated carbocycles. The molecular weight excluding hydrogens is 204 g/mol. The van der Waals surface area contributed by atoms with E-state index in [1.165, 1.54) is 6.33 Å². The van der Waals surface area contributed by atoms with E-state index in [0.717, 1.165) is 36.6 Å². The Bertz CT molecular complexity index is 352. The molecule has 0 unspecified atom stereocenters. The third-order valence-corrected chi connectivity index (χ3v) is 2.14. The molecule has 16 heavy (non-hydrogen) atoms. The Morgan fingerprint density at radius 1 is 1.44 bits per heavy atom. The van der Waals surface area contributed by atoms with Crippen molar-refractivity contribution < 1.29 is 5.11 Å². The van der Waals surface area contributed by atoms with Crippen molar-refractivity contribution in [3.05, 3.63) is 12.0 Å². The monoisotopic (exact) mass is 222 g/mol. The quantitative estimate of drug-likeness (QED) is 0.567. The molecule has 0 aromatic carbocycles. The molecule has 0 aliphatic rings. The second-order valence-corrected chi connectivity index (χ2v) is 3.40. The summed E-state index contributed by atoms with van der Waals surface area (Å²) in [5.41, 5.74) is 1.65. The van der Waals surface area contributed by atoms with Crippen LogP contribution in [-0.2, 0) is 0 Å². The van der Waals surface area contributed by atoms with Crippen LogP contribution in [0.15, 0.2) is 11.3 Å². The van der Waals surface area contributed by atoms with Gasteiger partial charge in [0.15, 0.2) is 5.82 Å². The van der Waals surface area contributed by atoms with Gasteiger partial charge in [0.05, 0.1) is 5.69 Å². The van der Waals surface area contributed by atoms with E-state index in [0.29, 0.717) is 0 Å². The van der Waals surface area contributed by atoms with Crippen molar-refractivity contribution in [3.63, 3.8) is 0 Å². The lowest BCUT2D eigenvalue weighted by Crippen LogP contribution is -2.05. The summed E-state index contributed by atoms with van der Waals surface area (Å²) in [4.78, 5) is 12.5. The van der Waals surface area contributed by atoms with Gasteiger partial charge in [-0.2, -0.15) is 0 Å². The molecule has 2 N–H and O–H groups in total. The van der Waals surface area contributed by atoms with Gasteiger partial charge in [-0.05, 0) is 26.7 Å². The number of rotatable bonds is 6. The van der Waals surface area contributed by atoms with E-state index in [9.17, 15) is 0 Å². The third-order valence-electron chi connectivity index (χ3n) is 2.14. The highest BCUT2D eigenvalue weighted by molar-refractivity contribution is 5.69. The van der Waals surface area contributed by atoms with Crippen LogP contribution >= 0.6 is 0 Å². The standard InChI is InChI=1S/C11H18N4O/c1-3-12-10-9(2)14-8-15-11(10)13-6-4-5-7-16/h3,8,16H,4-7H2,1-2H3,(H,13,14,15). The highest BCUT2D eigenvalue weighted by Crippen LogP contribution is 2.24. The first-order valence-corrected chi connectivity index (χ1v) is 5.44. The van der Waals surface area contributed by atoms with Gasteiger partial charge in [0.25, 0.3) is 0 Å². The molecular formula is C11H18N4O. The Balaban J connectivity index is 2.67. The van der Waals surface area contributed by atoms with Gasteiger partial charge in [0, 0.05) is 19.4 Å². The number of aromatic nitrogens is 2. The van der Waals surface area contributed by atoms with Gasteiger partial charge in [-0.1, -0.05) is 0 Å². The molecule has 0 aliphatic carbocycles. The minimum absolute atomic E-state index is 0.227. The fourth-order valence-corrected chi connectivity index (χ4v) is 1.32. The van der Waals surface area contributed by atoms with Crippen LogP contribution in [0.2, 0.25) is 0 Å². The number of hydrogen-bond acceptors (Lipinski definition) is 5. The molecule has 5 heteroatoms. The summed E-state index contributed by atoms with van der Waals surface area (Å²) in [7, 11) is 0. The van der Waals surface area contributed by atoms with Gasteiger partial charge in [0.1, 0.15) is 12.0 Å². The molecule has 0 bridgehead atoms. The Labute approximate surface area is 95.7 Å². The van der Waals surface area contributed by atoms with Crippen LogP contribution < -0.4 is 5.32 Å². The molecule has 0 atom stereocenters. The maximum Gasteiger partial charge on any atom is 0.155 e. The molecule has 0 aliphatic heterocycles. The third kappa shape index (κ3) is 3.58. The summed E-state index contributed by atoms with van der Waals surface area (Å²) >= 11 is 0. The average molecular weight is 222 g/mol. The van der Waals surface area contributed by atoms with Crippen molar-refractivity contribution in [2.75, 3.05) is 18.5 Å². The van der Waals surface area contributed by atoms with Crippen molar-refractivity contribution >= 4 is 17.7 Å². The number of aryl methyl sites for hydroxylation is 1. The Kier molecular flexibility index (Phi) is 5.42. The molecule has 1 aromatic heterocycles. The number of aliphatic imine (C=N–C) groups is 1. The average Bonchev–Trinajstić information content (AvgIpc) is 2.29. The maximum atomic E-state index is 8.67. The fraction of sp³-hybridized carbons (Fsp3) is 0.545. The topological polar surface area (TPSA) is 70.4 Å². The lowest BCUT2D eigenvalue weighted by molar-refractivity contribution is 0.286. The van der Waals surface area contributed by atoms with Crippen LogP contribution in [0.5, 0.6) is 0 Å². The van der Waals surface area contributed by atoms with Crippen LogP contribution in [0.3, 0.4) is 0 Å². The SMILES string of the molecule is CC=Nc1c(C)ncnc1NCCCCO. The minimum atomic E-state index is 0.227. The number of aliphatic hydroxyl groups is 1. The number of nitrogens with zero attached hydrogens (tertiary/aromatic N) is 3. The number of anilines is 1. The molecule has 88 valence electrons. The number of hydrogen-bond donors (Lipinski definition) is 2. The van der Waals surface area contributed by atoms with Crippen molar-refractivity contribution in [1.29, 1.82) is 0 Å². The van der Waals surface area contributed by atoms with Crippen molar-refractivity contribution in [3.8, 4) is 0 Å². The van der Waals surface area contributed by atoms with Crippen LogP contribution in [0, 0.1) is 6.92 Å².